The molecule has 0 aliphatic carbocycles. The molecular formula is C11H8ClNO. The van der Waals surface area contributed by atoms with Crippen LogP contribution in [-0.2, 0) is 0 Å². The lowest BCUT2D eigenvalue weighted by molar-refractivity contribution is 0.574. The molecule has 3 heteroatoms. The van der Waals surface area contributed by atoms with Crippen LogP contribution < -0.4 is 0 Å². The van der Waals surface area contributed by atoms with Crippen LogP contribution in [0.25, 0.3) is 22.1 Å². The molecule has 0 bridgehead atoms. The average Bonchev–Trinajstić information content (AvgIpc) is 2.65. The predicted octanol–water partition coefficient (Wildman–Crippen LogP) is 3.35. The minimum absolute atomic E-state index is 0. The van der Waals surface area contributed by atoms with Gasteiger partial charge in [0.05, 0.1) is 12.5 Å². The van der Waals surface area contributed by atoms with E-state index in [-0.39, 0.29) is 12.4 Å². The highest BCUT2D eigenvalue weighted by molar-refractivity contribution is 5.94. The van der Waals surface area contributed by atoms with E-state index in [2.05, 4.69) is 11.1 Å². The zero-order valence-electron chi connectivity index (χ0n) is 7.31. The van der Waals surface area contributed by atoms with E-state index in [4.69, 9.17) is 4.42 Å². The molecule has 0 unspecified atom stereocenters. The summed E-state index contributed by atoms with van der Waals surface area (Å²) in [5.41, 5.74) is 1.08. The van der Waals surface area contributed by atoms with E-state index >= 15 is 0 Å². The maximum absolute atomic E-state index is 5.40. The number of hydrogen-bond donors (Lipinski definition) is 0. The molecule has 0 N–H and O–H groups in total. The van der Waals surface area contributed by atoms with Gasteiger partial charge in [-0.25, -0.2) is 0 Å². The third-order valence-corrected chi connectivity index (χ3v) is 2.22. The second-order valence-electron chi connectivity index (χ2n) is 3.01. The summed E-state index contributed by atoms with van der Waals surface area (Å²) in [5, 5.41) is 2.31. The number of hydrogen-bond acceptors (Lipinski definition) is 2. The Morgan fingerprint density at radius 1 is 1.07 bits per heavy atom. The van der Waals surface area contributed by atoms with Crippen molar-refractivity contribution in [3.8, 4) is 11.3 Å². The second kappa shape index (κ2) is 3.31. The summed E-state index contributed by atoms with van der Waals surface area (Å²) in [5.74, 6) is 0.846. The van der Waals surface area contributed by atoms with Crippen molar-refractivity contribution in [3.63, 3.8) is 0 Å². The Bertz CT molecular complexity index is 532. The fourth-order valence-corrected chi connectivity index (χ4v) is 1.58. The Hall–Kier alpha value is -1.54. The van der Waals surface area contributed by atoms with Gasteiger partial charge in [-0.05, 0) is 5.39 Å². The zero-order valence-corrected chi connectivity index (χ0v) is 8.12. The quantitative estimate of drug-likeness (QED) is 0.563. The summed E-state index contributed by atoms with van der Waals surface area (Å²) in [6, 6.07) is 8.13. The van der Waals surface area contributed by atoms with Crippen molar-refractivity contribution < 1.29 is 4.42 Å². The molecule has 14 heavy (non-hydrogen) atoms. The molecule has 0 amide bonds. The molecule has 0 atom stereocenters. The highest BCUT2D eigenvalue weighted by atomic mass is 35.5. The Morgan fingerprint density at radius 2 is 1.93 bits per heavy atom. The van der Waals surface area contributed by atoms with Gasteiger partial charge in [0.25, 0.3) is 0 Å². The van der Waals surface area contributed by atoms with E-state index in [0.29, 0.717) is 0 Å². The molecule has 0 spiro atoms. The van der Waals surface area contributed by atoms with Gasteiger partial charge in [0.2, 0.25) is 0 Å². The number of benzene rings is 1. The minimum Gasteiger partial charge on any atom is -0.462 e. The summed E-state index contributed by atoms with van der Waals surface area (Å²) in [4.78, 5) is 4.06. The van der Waals surface area contributed by atoms with Crippen molar-refractivity contribution in [2.75, 3.05) is 0 Å². The van der Waals surface area contributed by atoms with Crippen LogP contribution in [0.15, 0.2) is 47.3 Å². The van der Waals surface area contributed by atoms with Crippen LogP contribution in [0.5, 0.6) is 0 Å². The minimum atomic E-state index is 0. The molecule has 2 aliphatic heterocycles. The van der Waals surface area contributed by atoms with Crippen LogP contribution >= 0.6 is 12.4 Å². The van der Waals surface area contributed by atoms with Gasteiger partial charge in [0.1, 0.15) is 0 Å². The van der Waals surface area contributed by atoms with Crippen molar-refractivity contribution in [2.24, 2.45) is 0 Å². The van der Waals surface area contributed by atoms with Gasteiger partial charge in [-0.1, -0.05) is 24.3 Å². The fraction of sp³-hybridized carbons (Fsp3) is 0. The normalized spacial score (nSPS) is 10.3. The molecule has 0 fully saturated rings. The van der Waals surface area contributed by atoms with Crippen LogP contribution in [0.4, 0.5) is 0 Å². The van der Waals surface area contributed by atoms with E-state index in [1.165, 1.54) is 5.39 Å². The lowest BCUT2D eigenvalue weighted by Crippen LogP contribution is -1.77. The largest absolute Gasteiger partial charge is 0.462 e. The highest BCUT2D eigenvalue weighted by Gasteiger charge is 2.08. The number of halogens is 1. The predicted molar refractivity (Wildman–Crippen MR) is 57.9 cm³/mol. The molecule has 2 nitrogen and oxygen atoms in total. The first-order chi connectivity index (χ1) is 6.45. The van der Waals surface area contributed by atoms with Crippen molar-refractivity contribution in [2.45, 2.75) is 0 Å². The second-order valence-corrected chi connectivity index (χ2v) is 3.01. The molecule has 1 aromatic carbocycles. The van der Waals surface area contributed by atoms with Gasteiger partial charge in [-0.3, -0.25) is 4.98 Å². The monoisotopic (exact) mass is 205 g/mol. The zero-order chi connectivity index (χ0) is 8.67. The highest BCUT2D eigenvalue weighted by Crippen LogP contribution is 2.29. The standard InChI is InChI=1S/C11H7NO.ClH/c1-2-4-9-8(3-1)7-13-11-6-12-5-10(9)11;/h1-7H;1H. The maximum Gasteiger partial charge on any atom is 0.154 e. The topological polar surface area (TPSA) is 26.0 Å². The molecule has 3 rings (SSSR count). The van der Waals surface area contributed by atoms with E-state index in [9.17, 15) is 0 Å². The number of rotatable bonds is 0. The van der Waals surface area contributed by atoms with Crippen LogP contribution in [-0.4, -0.2) is 4.98 Å². The van der Waals surface area contributed by atoms with Gasteiger partial charge >= 0.3 is 0 Å². The Morgan fingerprint density at radius 3 is 2.86 bits per heavy atom. The number of aromatic nitrogens is 1. The van der Waals surface area contributed by atoms with E-state index in [1.807, 2.05) is 24.4 Å². The first kappa shape index (κ1) is 9.03. The Balaban J connectivity index is 0.000000750. The summed E-state index contributed by atoms with van der Waals surface area (Å²) in [6.45, 7) is 0. The number of nitrogens with zero attached hydrogens (tertiary/aromatic N) is 1. The molecule has 1 aromatic rings. The molecule has 0 saturated carbocycles. The van der Waals surface area contributed by atoms with Gasteiger partial charge in [0.15, 0.2) is 5.76 Å². The third-order valence-electron chi connectivity index (χ3n) is 2.22. The molecule has 2 aliphatic rings. The van der Waals surface area contributed by atoms with Crippen LogP contribution in [0.3, 0.4) is 0 Å². The third kappa shape index (κ3) is 1.16. The molecule has 2 heterocycles. The maximum atomic E-state index is 5.40. The number of fused-ring (bicyclic) bond motifs is 3. The summed E-state index contributed by atoms with van der Waals surface area (Å²) in [7, 11) is 0. The smallest absolute Gasteiger partial charge is 0.154 e. The van der Waals surface area contributed by atoms with Gasteiger partial charge < -0.3 is 4.42 Å². The fourth-order valence-electron chi connectivity index (χ4n) is 1.58. The van der Waals surface area contributed by atoms with Crippen LogP contribution in [0, 0.1) is 0 Å². The molecule has 0 aromatic heterocycles. The van der Waals surface area contributed by atoms with Crippen molar-refractivity contribution in [1.29, 1.82) is 0 Å². The van der Waals surface area contributed by atoms with Gasteiger partial charge in [-0.2, -0.15) is 0 Å². The van der Waals surface area contributed by atoms with E-state index < -0.39 is 0 Å². The van der Waals surface area contributed by atoms with E-state index in [0.717, 1.165) is 16.7 Å². The van der Waals surface area contributed by atoms with Crippen LogP contribution in [0.2, 0.25) is 0 Å². The first-order valence-corrected chi connectivity index (χ1v) is 4.15. The van der Waals surface area contributed by atoms with Gasteiger partial charge in [0, 0.05) is 17.1 Å². The molecule has 0 saturated heterocycles. The molecule has 0 radical (unpaired) electrons. The van der Waals surface area contributed by atoms with Crippen molar-refractivity contribution in [1.82, 2.24) is 4.98 Å². The van der Waals surface area contributed by atoms with Gasteiger partial charge in [-0.15, -0.1) is 12.4 Å². The summed E-state index contributed by atoms with van der Waals surface area (Å²) in [6.07, 6.45) is 5.34. The van der Waals surface area contributed by atoms with E-state index in [1.54, 1.807) is 12.5 Å². The summed E-state index contributed by atoms with van der Waals surface area (Å²) >= 11 is 0. The molecular weight excluding hydrogens is 198 g/mol. The summed E-state index contributed by atoms with van der Waals surface area (Å²) < 4.78 is 5.40. The molecule has 70 valence electrons. The Labute approximate surface area is 87.3 Å². The Kier molecular flexibility index (Phi) is 2.14. The average molecular weight is 206 g/mol. The lowest BCUT2D eigenvalue weighted by Gasteiger charge is -2.01. The van der Waals surface area contributed by atoms with Crippen LogP contribution in [0.1, 0.15) is 0 Å². The SMILES string of the molecule is Cl.c1ccc2c3cncc-3occ2c1. The van der Waals surface area contributed by atoms with Crippen molar-refractivity contribution in [3.05, 3.63) is 42.9 Å². The van der Waals surface area contributed by atoms with Crippen molar-refractivity contribution >= 4 is 23.2 Å². The first-order valence-electron chi connectivity index (χ1n) is 4.15. The lowest BCUT2D eigenvalue weighted by atomic mass is 10.1.